The minimum Gasteiger partial charge on any atom is -0.388 e. The Morgan fingerprint density at radius 3 is 2.38 bits per heavy atom. The van der Waals surface area contributed by atoms with E-state index >= 15 is 0 Å². The smallest absolute Gasteiger partial charge is 0.131 e. The van der Waals surface area contributed by atoms with Crippen LogP contribution in [0.2, 0.25) is 0 Å². The quantitative estimate of drug-likeness (QED) is 0.872. The van der Waals surface area contributed by atoms with Crippen molar-refractivity contribution >= 4 is 11.3 Å². The molecule has 4 heteroatoms. The maximum absolute atomic E-state index is 13.3. The lowest BCUT2D eigenvalue weighted by Gasteiger charge is -2.11. The van der Waals surface area contributed by atoms with Crippen LogP contribution in [0.5, 0.6) is 0 Å². The first kappa shape index (κ1) is 11.2. The Morgan fingerprint density at radius 1 is 1.12 bits per heavy atom. The molecule has 0 aliphatic heterocycles. The highest BCUT2D eigenvalue weighted by molar-refractivity contribution is 7.09. The molecule has 16 heavy (non-hydrogen) atoms. The van der Waals surface area contributed by atoms with Crippen molar-refractivity contribution in [3.8, 4) is 0 Å². The minimum absolute atomic E-state index is 0.232. The molecule has 2 rings (SSSR count). The van der Waals surface area contributed by atoms with Gasteiger partial charge < -0.3 is 5.11 Å². The topological polar surface area (TPSA) is 20.2 Å². The van der Waals surface area contributed by atoms with Crippen LogP contribution >= 0.6 is 11.3 Å². The summed E-state index contributed by atoms with van der Waals surface area (Å²) in [7, 11) is 0. The van der Waals surface area contributed by atoms with Gasteiger partial charge >= 0.3 is 0 Å². The third-order valence-corrected chi connectivity index (χ3v) is 3.21. The monoisotopic (exact) mass is 240 g/mol. The lowest BCUT2D eigenvalue weighted by Crippen LogP contribution is -2.06. The summed E-state index contributed by atoms with van der Waals surface area (Å²) in [4.78, 5) is 0.898. The van der Waals surface area contributed by atoms with E-state index in [9.17, 15) is 13.9 Å². The average molecular weight is 240 g/mol. The number of aliphatic hydroxyl groups excluding tert-OH is 1. The second kappa shape index (κ2) is 4.72. The Bertz CT molecular complexity index is 448. The summed E-state index contributed by atoms with van der Waals surface area (Å²) in [5.41, 5.74) is -0.254. The van der Waals surface area contributed by atoms with Crippen LogP contribution in [0.1, 0.15) is 16.5 Å². The Hall–Kier alpha value is -1.26. The summed E-state index contributed by atoms with van der Waals surface area (Å²) in [5.74, 6) is -1.41. The van der Waals surface area contributed by atoms with E-state index < -0.39 is 17.7 Å². The molecule has 0 bridgehead atoms. The Labute approximate surface area is 96.0 Å². The molecule has 1 N–H and O–H groups in total. The molecule has 1 aromatic heterocycles. The fraction of sp³-hybridized carbons (Fsp3) is 0.167. The largest absolute Gasteiger partial charge is 0.388 e. The van der Waals surface area contributed by atoms with Gasteiger partial charge in [-0.15, -0.1) is 11.3 Å². The van der Waals surface area contributed by atoms with E-state index in [4.69, 9.17) is 0 Å². The molecule has 0 spiro atoms. The highest BCUT2D eigenvalue weighted by Crippen LogP contribution is 2.25. The van der Waals surface area contributed by atoms with E-state index in [0.29, 0.717) is 0 Å². The van der Waals surface area contributed by atoms with Gasteiger partial charge in [0.05, 0.1) is 11.7 Å². The number of benzene rings is 1. The average Bonchev–Trinajstić information content (AvgIpc) is 2.70. The Kier molecular flexibility index (Phi) is 3.31. The summed E-state index contributed by atoms with van der Waals surface area (Å²) >= 11 is 1.45. The SMILES string of the molecule is OC(Cc1cccs1)c1c(F)cccc1F. The number of rotatable bonds is 3. The zero-order valence-corrected chi connectivity index (χ0v) is 9.18. The molecule has 2 aromatic rings. The van der Waals surface area contributed by atoms with E-state index in [1.165, 1.54) is 17.4 Å². The summed E-state index contributed by atoms with van der Waals surface area (Å²) < 4.78 is 26.7. The number of aliphatic hydroxyl groups is 1. The van der Waals surface area contributed by atoms with Crippen LogP contribution in [0.15, 0.2) is 35.7 Å². The van der Waals surface area contributed by atoms with Gasteiger partial charge in [0.1, 0.15) is 11.6 Å². The second-order valence-corrected chi connectivity index (χ2v) is 4.47. The Balaban J connectivity index is 2.24. The van der Waals surface area contributed by atoms with E-state index in [2.05, 4.69) is 0 Å². The first-order chi connectivity index (χ1) is 7.68. The van der Waals surface area contributed by atoms with Gasteiger partial charge in [0.15, 0.2) is 0 Å². The van der Waals surface area contributed by atoms with Crippen molar-refractivity contribution in [3.63, 3.8) is 0 Å². The zero-order valence-electron chi connectivity index (χ0n) is 8.36. The third-order valence-electron chi connectivity index (χ3n) is 2.31. The van der Waals surface area contributed by atoms with E-state index in [1.54, 1.807) is 0 Å². The van der Waals surface area contributed by atoms with Crippen LogP contribution in [0.3, 0.4) is 0 Å². The molecule has 1 heterocycles. The van der Waals surface area contributed by atoms with Gasteiger partial charge in [0.25, 0.3) is 0 Å². The van der Waals surface area contributed by atoms with Crippen molar-refractivity contribution in [2.75, 3.05) is 0 Å². The van der Waals surface area contributed by atoms with Crippen molar-refractivity contribution in [2.45, 2.75) is 12.5 Å². The molecule has 1 atom stereocenters. The molecule has 0 radical (unpaired) electrons. The molecule has 1 unspecified atom stereocenters. The van der Waals surface area contributed by atoms with Crippen LogP contribution in [0, 0.1) is 11.6 Å². The van der Waals surface area contributed by atoms with Gasteiger partial charge in [0.2, 0.25) is 0 Å². The summed E-state index contributed by atoms with van der Waals surface area (Å²) in [5, 5.41) is 11.6. The molecular weight excluding hydrogens is 230 g/mol. The van der Waals surface area contributed by atoms with Crippen LogP contribution in [0.25, 0.3) is 0 Å². The van der Waals surface area contributed by atoms with Gasteiger partial charge in [0, 0.05) is 11.3 Å². The maximum Gasteiger partial charge on any atom is 0.131 e. The molecule has 0 saturated carbocycles. The van der Waals surface area contributed by atoms with Crippen molar-refractivity contribution in [2.24, 2.45) is 0 Å². The zero-order chi connectivity index (χ0) is 11.5. The van der Waals surface area contributed by atoms with Crippen molar-refractivity contribution in [1.82, 2.24) is 0 Å². The van der Waals surface area contributed by atoms with Crippen molar-refractivity contribution in [3.05, 3.63) is 57.8 Å². The first-order valence-corrected chi connectivity index (χ1v) is 5.71. The molecule has 0 saturated heterocycles. The predicted octanol–water partition coefficient (Wildman–Crippen LogP) is 3.30. The molecule has 0 aliphatic rings. The predicted molar refractivity (Wildman–Crippen MR) is 59.3 cm³/mol. The van der Waals surface area contributed by atoms with Gasteiger partial charge in [-0.3, -0.25) is 0 Å². The van der Waals surface area contributed by atoms with E-state index in [0.717, 1.165) is 17.0 Å². The highest BCUT2D eigenvalue weighted by atomic mass is 32.1. The molecule has 1 nitrogen and oxygen atoms in total. The fourth-order valence-electron chi connectivity index (χ4n) is 1.55. The molecule has 1 aromatic carbocycles. The summed E-state index contributed by atoms with van der Waals surface area (Å²) in [6, 6.07) is 7.25. The lowest BCUT2D eigenvalue weighted by molar-refractivity contribution is 0.169. The summed E-state index contributed by atoms with van der Waals surface area (Å²) in [6.07, 6.45) is -0.907. The lowest BCUT2D eigenvalue weighted by atomic mass is 10.0. The van der Waals surface area contributed by atoms with Crippen molar-refractivity contribution in [1.29, 1.82) is 0 Å². The normalized spacial score (nSPS) is 12.7. The van der Waals surface area contributed by atoms with Crippen molar-refractivity contribution < 1.29 is 13.9 Å². The number of thiophene rings is 1. The molecular formula is C12H10F2OS. The number of hydrogen-bond donors (Lipinski definition) is 1. The van der Waals surface area contributed by atoms with Crippen LogP contribution in [-0.2, 0) is 6.42 Å². The van der Waals surface area contributed by atoms with E-state index in [1.807, 2.05) is 17.5 Å². The number of hydrogen-bond acceptors (Lipinski definition) is 2. The summed E-state index contributed by atoms with van der Waals surface area (Å²) in [6.45, 7) is 0. The van der Waals surface area contributed by atoms with Crippen LogP contribution in [-0.4, -0.2) is 5.11 Å². The second-order valence-electron chi connectivity index (χ2n) is 3.43. The first-order valence-electron chi connectivity index (χ1n) is 4.83. The molecule has 84 valence electrons. The molecule has 0 fully saturated rings. The fourth-order valence-corrected chi connectivity index (χ4v) is 2.29. The maximum atomic E-state index is 13.3. The van der Waals surface area contributed by atoms with Gasteiger partial charge in [-0.25, -0.2) is 8.78 Å². The molecule has 0 amide bonds. The van der Waals surface area contributed by atoms with E-state index in [-0.39, 0.29) is 12.0 Å². The standard InChI is InChI=1S/C12H10F2OS/c13-9-4-1-5-10(14)12(9)11(15)7-8-3-2-6-16-8/h1-6,11,15H,7H2. The van der Waals surface area contributed by atoms with Gasteiger partial charge in [-0.2, -0.15) is 0 Å². The van der Waals surface area contributed by atoms with Gasteiger partial charge in [-0.05, 0) is 23.6 Å². The number of halogens is 2. The third kappa shape index (κ3) is 2.28. The van der Waals surface area contributed by atoms with Gasteiger partial charge in [-0.1, -0.05) is 12.1 Å². The van der Waals surface area contributed by atoms with Crippen LogP contribution in [0.4, 0.5) is 8.78 Å². The highest BCUT2D eigenvalue weighted by Gasteiger charge is 2.18. The minimum atomic E-state index is -1.14. The van der Waals surface area contributed by atoms with Crippen LogP contribution < -0.4 is 0 Å². The Morgan fingerprint density at radius 2 is 1.81 bits per heavy atom. The molecule has 0 aliphatic carbocycles.